The Morgan fingerprint density at radius 3 is 2.54 bits per heavy atom. The summed E-state index contributed by atoms with van der Waals surface area (Å²) in [7, 11) is 0. The van der Waals surface area contributed by atoms with E-state index >= 15 is 0 Å². The summed E-state index contributed by atoms with van der Waals surface area (Å²) in [4.78, 5) is 16.6. The molecule has 4 rings (SSSR count). The summed E-state index contributed by atoms with van der Waals surface area (Å²) < 4.78 is 6.03. The zero-order chi connectivity index (χ0) is 19.2. The number of benzene rings is 2. The van der Waals surface area contributed by atoms with Crippen molar-refractivity contribution in [3.05, 3.63) is 54.1 Å². The Morgan fingerprint density at radius 1 is 0.893 bits per heavy atom. The van der Waals surface area contributed by atoms with E-state index in [0.29, 0.717) is 6.42 Å². The summed E-state index contributed by atoms with van der Waals surface area (Å²) in [5.41, 5.74) is 3.38. The first-order valence-corrected chi connectivity index (χ1v) is 10.4. The van der Waals surface area contributed by atoms with E-state index < -0.39 is 0 Å². The molecule has 1 saturated heterocycles. The highest BCUT2D eigenvalue weighted by Gasteiger charge is 2.19. The molecule has 5 heteroatoms. The molecule has 2 aliphatic heterocycles. The summed E-state index contributed by atoms with van der Waals surface area (Å²) >= 11 is 0. The molecule has 0 unspecified atom stereocenters. The largest absolute Gasteiger partial charge is 0.493 e. The van der Waals surface area contributed by atoms with Gasteiger partial charge >= 0.3 is 0 Å². The third-order valence-corrected chi connectivity index (χ3v) is 5.63. The number of carbonyl (C=O) groups is 1. The second-order valence-electron chi connectivity index (χ2n) is 7.55. The van der Waals surface area contributed by atoms with Gasteiger partial charge in [-0.2, -0.15) is 0 Å². The van der Waals surface area contributed by atoms with Crippen LogP contribution in [0, 0.1) is 0 Å². The van der Waals surface area contributed by atoms with Gasteiger partial charge in [0, 0.05) is 49.5 Å². The number of amides is 1. The molecule has 2 aliphatic rings. The number of anilines is 2. The minimum atomic E-state index is 0.0945. The number of rotatable bonds is 7. The fourth-order valence-corrected chi connectivity index (χ4v) is 4.02. The fourth-order valence-electron chi connectivity index (χ4n) is 4.02. The minimum absolute atomic E-state index is 0.0945. The summed E-state index contributed by atoms with van der Waals surface area (Å²) in [6.07, 6.45) is 3.51. The number of fused-ring (bicyclic) bond motifs is 1. The van der Waals surface area contributed by atoms with Gasteiger partial charge in [0.25, 0.3) is 0 Å². The Hall–Kier alpha value is -2.53. The van der Waals surface area contributed by atoms with Gasteiger partial charge in [-0.1, -0.05) is 24.3 Å². The van der Waals surface area contributed by atoms with Gasteiger partial charge in [0.1, 0.15) is 5.75 Å². The first kappa shape index (κ1) is 18.8. The van der Waals surface area contributed by atoms with Crippen LogP contribution < -0.4 is 15.0 Å². The second kappa shape index (κ2) is 9.11. The lowest BCUT2D eigenvalue weighted by Gasteiger charge is -2.36. The Kier molecular flexibility index (Phi) is 6.12. The summed E-state index contributed by atoms with van der Waals surface area (Å²) in [5, 5.41) is 2.93. The maximum Gasteiger partial charge on any atom is 0.224 e. The molecule has 2 aromatic carbocycles. The van der Waals surface area contributed by atoms with Crippen molar-refractivity contribution in [1.29, 1.82) is 0 Å². The van der Waals surface area contributed by atoms with E-state index in [-0.39, 0.29) is 5.91 Å². The number of nitrogens with one attached hydrogen (secondary N) is 1. The highest BCUT2D eigenvalue weighted by molar-refractivity contribution is 5.94. The molecule has 1 fully saturated rings. The van der Waals surface area contributed by atoms with E-state index in [9.17, 15) is 4.79 Å². The molecule has 2 aromatic rings. The van der Waals surface area contributed by atoms with Crippen LogP contribution in [0.4, 0.5) is 11.4 Å². The molecular weight excluding hydrogens is 350 g/mol. The van der Waals surface area contributed by atoms with Crippen LogP contribution in [0.5, 0.6) is 5.75 Å². The van der Waals surface area contributed by atoms with Gasteiger partial charge < -0.3 is 15.0 Å². The van der Waals surface area contributed by atoms with Crippen molar-refractivity contribution in [3.63, 3.8) is 0 Å². The predicted molar refractivity (Wildman–Crippen MR) is 113 cm³/mol. The lowest BCUT2D eigenvalue weighted by molar-refractivity contribution is -0.116. The maximum atomic E-state index is 11.5. The van der Waals surface area contributed by atoms with E-state index in [1.807, 2.05) is 18.2 Å². The van der Waals surface area contributed by atoms with Crippen molar-refractivity contribution in [2.75, 3.05) is 49.5 Å². The number of piperazine rings is 1. The van der Waals surface area contributed by atoms with Crippen LogP contribution in [0.2, 0.25) is 0 Å². The van der Waals surface area contributed by atoms with Crippen LogP contribution in [0.3, 0.4) is 0 Å². The van der Waals surface area contributed by atoms with Crippen LogP contribution in [0.1, 0.15) is 24.8 Å². The van der Waals surface area contributed by atoms with Crippen molar-refractivity contribution < 1.29 is 9.53 Å². The highest BCUT2D eigenvalue weighted by atomic mass is 16.5. The molecule has 1 amide bonds. The molecule has 0 radical (unpaired) electrons. The number of para-hydroxylation sites is 1. The predicted octanol–water partition coefficient (Wildman–Crippen LogP) is 3.55. The number of ether oxygens (including phenoxy) is 1. The summed E-state index contributed by atoms with van der Waals surface area (Å²) in [6.45, 7) is 6.32. The lowest BCUT2D eigenvalue weighted by Crippen LogP contribution is -2.46. The molecular formula is C23H29N3O2. The average molecular weight is 380 g/mol. The van der Waals surface area contributed by atoms with E-state index in [1.165, 1.54) is 5.69 Å². The second-order valence-corrected chi connectivity index (χ2v) is 7.55. The highest BCUT2D eigenvalue weighted by Crippen LogP contribution is 2.31. The molecule has 5 nitrogen and oxygen atoms in total. The smallest absolute Gasteiger partial charge is 0.224 e. The molecule has 2 heterocycles. The van der Waals surface area contributed by atoms with Crippen molar-refractivity contribution in [3.8, 4) is 5.75 Å². The number of hydrogen-bond donors (Lipinski definition) is 1. The Morgan fingerprint density at radius 2 is 1.71 bits per heavy atom. The zero-order valence-corrected chi connectivity index (χ0v) is 16.4. The molecule has 0 atom stereocenters. The standard InChI is InChI=1S/C23H29N3O2/c27-23-12-11-20-21(24-23)9-6-10-22(20)28-18-5-4-13-25-14-16-26(17-15-25)19-7-2-1-3-8-19/h1-3,6-10H,4-5,11-18H2,(H,24,27). The lowest BCUT2D eigenvalue weighted by atomic mass is 10.0. The molecule has 0 aliphatic carbocycles. The number of hydrogen-bond acceptors (Lipinski definition) is 4. The van der Waals surface area contributed by atoms with Crippen LogP contribution >= 0.6 is 0 Å². The van der Waals surface area contributed by atoms with Gasteiger partial charge in [0.2, 0.25) is 5.91 Å². The van der Waals surface area contributed by atoms with E-state index in [2.05, 4.69) is 45.4 Å². The third kappa shape index (κ3) is 4.65. The van der Waals surface area contributed by atoms with Crippen LogP contribution in [-0.2, 0) is 11.2 Å². The Labute approximate surface area is 167 Å². The van der Waals surface area contributed by atoms with E-state index in [0.717, 1.165) is 75.6 Å². The SMILES string of the molecule is O=C1CCc2c(cccc2OCCCCN2CCN(c3ccccc3)CC2)N1. The number of nitrogens with zero attached hydrogens (tertiary/aromatic N) is 2. The molecule has 28 heavy (non-hydrogen) atoms. The van der Waals surface area contributed by atoms with Gasteiger partial charge in [-0.25, -0.2) is 0 Å². The molecule has 148 valence electrons. The van der Waals surface area contributed by atoms with E-state index in [1.54, 1.807) is 0 Å². The maximum absolute atomic E-state index is 11.5. The number of unbranched alkanes of at least 4 members (excludes halogenated alkanes) is 1. The Balaban J connectivity index is 1.16. The van der Waals surface area contributed by atoms with Crippen LogP contribution in [0.25, 0.3) is 0 Å². The van der Waals surface area contributed by atoms with Gasteiger partial charge in [0.05, 0.1) is 6.61 Å². The van der Waals surface area contributed by atoms with Crippen molar-refractivity contribution in [1.82, 2.24) is 4.90 Å². The topological polar surface area (TPSA) is 44.8 Å². The molecule has 0 saturated carbocycles. The average Bonchev–Trinajstić information content (AvgIpc) is 2.74. The van der Waals surface area contributed by atoms with E-state index in [4.69, 9.17) is 4.74 Å². The molecule has 0 spiro atoms. The van der Waals surface area contributed by atoms with Gasteiger partial charge in [0.15, 0.2) is 0 Å². The molecule has 0 bridgehead atoms. The van der Waals surface area contributed by atoms with Crippen LogP contribution in [-0.4, -0.2) is 50.1 Å². The van der Waals surface area contributed by atoms with Gasteiger partial charge in [-0.15, -0.1) is 0 Å². The van der Waals surface area contributed by atoms with Crippen molar-refractivity contribution >= 4 is 17.3 Å². The molecule has 0 aromatic heterocycles. The first-order chi connectivity index (χ1) is 13.8. The minimum Gasteiger partial charge on any atom is -0.493 e. The Bertz CT molecular complexity index is 786. The number of carbonyl (C=O) groups excluding carboxylic acids is 1. The fraction of sp³-hybridized carbons (Fsp3) is 0.435. The summed E-state index contributed by atoms with van der Waals surface area (Å²) in [5.74, 6) is 1.02. The zero-order valence-electron chi connectivity index (χ0n) is 16.4. The van der Waals surface area contributed by atoms with Crippen molar-refractivity contribution in [2.45, 2.75) is 25.7 Å². The van der Waals surface area contributed by atoms with Gasteiger partial charge in [-0.05, 0) is 50.1 Å². The quantitative estimate of drug-likeness (QED) is 0.748. The van der Waals surface area contributed by atoms with Gasteiger partial charge in [-0.3, -0.25) is 9.69 Å². The summed E-state index contributed by atoms with van der Waals surface area (Å²) in [6, 6.07) is 16.6. The van der Waals surface area contributed by atoms with Crippen LogP contribution in [0.15, 0.2) is 48.5 Å². The third-order valence-electron chi connectivity index (χ3n) is 5.63. The molecule has 1 N–H and O–H groups in total. The van der Waals surface area contributed by atoms with Crippen molar-refractivity contribution in [2.24, 2.45) is 0 Å². The first-order valence-electron chi connectivity index (χ1n) is 10.4. The monoisotopic (exact) mass is 379 g/mol. The normalized spacial score (nSPS) is 17.1.